The summed E-state index contributed by atoms with van der Waals surface area (Å²) >= 11 is 0. The highest BCUT2D eigenvalue weighted by molar-refractivity contribution is 5.69. The fourth-order valence-electron chi connectivity index (χ4n) is 2.70. The number of carbonyl (C=O) groups excluding carboxylic acids is 1. The van der Waals surface area contributed by atoms with Crippen molar-refractivity contribution < 1.29 is 14.7 Å². The van der Waals surface area contributed by atoms with Crippen LogP contribution >= 0.6 is 0 Å². The van der Waals surface area contributed by atoms with Crippen molar-refractivity contribution in [3.8, 4) is 0 Å². The largest absolute Gasteiger partial charge is 0.462 e. The van der Waals surface area contributed by atoms with E-state index in [0.29, 0.717) is 19.3 Å². The third-order valence-electron chi connectivity index (χ3n) is 3.31. The van der Waals surface area contributed by atoms with Gasteiger partial charge in [0.25, 0.3) is 0 Å². The summed E-state index contributed by atoms with van der Waals surface area (Å²) in [5.41, 5.74) is -0.947. The molecule has 0 saturated carbocycles. The second-order valence-electron chi connectivity index (χ2n) is 6.19. The van der Waals surface area contributed by atoms with Crippen molar-refractivity contribution in [1.82, 2.24) is 5.06 Å². The fraction of sp³-hybridized carbons (Fsp3) is 0.923. The van der Waals surface area contributed by atoms with Gasteiger partial charge < -0.3 is 4.74 Å². The van der Waals surface area contributed by atoms with E-state index in [0.717, 1.165) is 11.5 Å². The summed E-state index contributed by atoms with van der Waals surface area (Å²) in [4.78, 5) is 11.5. The summed E-state index contributed by atoms with van der Waals surface area (Å²) in [6.45, 7) is 9.57. The summed E-state index contributed by atoms with van der Waals surface area (Å²) in [6, 6.07) is 0. The molecule has 0 aromatic carbocycles. The van der Waals surface area contributed by atoms with E-state index in [4.69, 9.17) is 4.74 Å². The van der Waals surface area contributed by atoms with Crippen LogP contribution in [0, 0.1) is 0 Å². The molecule has 1 saturated heterocycles. The lowest BCUT2D eigenvalue weighted by Gasteiger charge is -2.49. The second kappa shape index (κ2) is 4.94. The van der Waals surface area contributed by atoms with Crippen molar-refractivity contribution in [3.63, 3.8) is 0 Å². The van der Waals surface area contributed by atoms with Gasteiger partial charge in [-0.2, -0.15) is 0 Å². The third-order valence-corrected chi connectivity index (χ3v) is 3.31. The molecule has 0 aromatic heterocycles. The smallest absolute Gasteiger partial charge is 0.306 e. The summed E-state index contributed by atoms with van der Waals surface area (Å²) in [6.07, 6.45) is 2.33. The van der Waals surface area contributed by atoms with Crippen LogP contribution in [0.3, 0.4) is 0 Å². The molecule has 1 aliphatic heterocycles. The molecule has 17 heavy (non-hydrogen) atoms. The first-order chi connectivity index (χ1) is 7.69. The minimum atomic E-state index is -0.473. The third kappa shape index (κ3) is 3.42. The van der Waals surface area contributed by atoms with E-state index in [1.54, 1.807) is 0 Å². The number of ether oxygens (including phenoxy) is 1. The van der Waals surface area contributed by atoms with E-state index in [1.807, 2.05) is 34.6 Å². The van der Waals surface area contributed by atoms with Gasteiger partial charge in [0.2, 0.25) is 0 Å². The highest BCUT2D eigenvalue weighted by atomic mass is 16.5. The van der Waals surface area contributed by atoms with E-state index < -0.39 is 11.1 Å². The molecule has 1 radical (unpaired) electrons. The molecule has 0 N–H and O–H groups in total. The van der Waals surface area contributed by atoms with Crippen LogP contribution in [-0.4, -0.2) is 28.2 Å². The van der Waals surface area contributed by atoms with Gasteiger partial charge in [-0.1, -0.05) is 6.92 Å². The predicted molar refractivity (Wildman–Crippen MR) is 64.7 cm³/mol. The number of nitrogens with zero attached hydrogens (tertiary/aromatic N) is 1. The highest BCUT2D eigenvalue weighted by Crippen LogP contribution is 2.38. The van der Waals surface area contributed by atoms with Gasteiger partial charge in [0.05, 0.1) is 0 Å². The van der Waals surface area contributed by atoms with Gasteiger partial charge >= 0.3 is 5.97 Å². The first-order valence-corrected chi connectivity index (χ1v) is 6.36. The van der Waals surface area contributed by atoms with E-state index in [1.165, 1.54) is 0 Å². The molecule has 4 heteroatoms. The maximum Gasteiger partial charge on any atom is 0.306 e. The van der Waals surface area contributed by atoms with Crippen molar-refractivity contribution in [1.29, 1.82) is 0 Å². The minimum Gasteiger partial charge on any atom is -0.462 e. The number of carbonyl (C=O) groups is 1. The molecular formula is C13H24NO3. The Kier molecular flexibility index (Phi) is 4.20. The van der Waals surface area contributed by atoms with Crippen LogP contribution in [0.1, 0.15) is 60.3 Å². The van der Waals surface area contributed by atoms with Crippen molar-refractivity contribution >= 4 is 5.97 Å². The Labute approximate surface area is 104 Å². The SMILES string of the molecule is CCCC(=O)OC1CC(C)(C)N([O])C(C)(C)C1. The zero-order valence-corrected chi connectivity index (χ0v) is 11.6. The van der Waals surface area contributed by atoms with Crippen LogP contribution in [0.2, 0.25) is 0 Å². The lowest BCUT2D eigenvalue weighted by molar-refractivity contribution is -0.299. The molecule has 0 aliphatic carbocycles. The molecule has 0 spiro atoms. The van der Waals surface area contributed by atoms with Gasteiger partial charge in [-0.25, -0.2) is 0 Å². The molecule has 1 aliphatic rings. The van der Waals surface area contributed by atoms with Crippen LogP contribution in [0.5, 0.6) is 0 Å². The van der Waals surface area contributed by atoms with Crippen molar-refractivity contribution in [2.24, 2.45) is 0 Å². The number of esters is 1. The fourth-order valence-corrected chi connectivity index (χ4v) is 2.70. The zero-order chi connectivity index (χ0) is 13.3. The topological polar surface area (TPSA) is 49.4 Å². The Morgan fingerprint density at radius 1 is 1.24 bits per heavy atom. The monoisotopic (exact) mass is 242 g/mol. The first-order valence-electron chi connectivity index (χ1n) is 6.36. The molecular weight excluding hydrogens is 218 g/mol. The maximum absolute atomic E-state index is 12.1. The Morgan fingerprint density at radius 3 is 2.12 bits per heavy atom. The molecule has 0 aromatic rings. The predicted octanol–water partition coefficient (Wildman–Crippen LogP) is 2.70. The molecule has 1 rings (SSSR count). The van der Waals surface area contributed by atoms with Crippen LogP contribution in [-0.2, 0) is 14.7 Å². The Morgan fingerprint density at radius 2 is 1.71 bits per heavy atom. The zero-order valence-electron chi connectivity index (χ0n) is 11.6. The van der Waals surface area contributed by atoms with Gasteiger partial charge in [0.1, 0.15) is 6.10 Å². The molecule has 0 bridgehead atoms. The quantitative estimate of drug-likeness (QED) is 0.715. The average molecular weight is 242 g/mol. The molecule has 1 heterocycles. The van der Waals surface area contributed by atoms with E-state index in [-0.39, 0.29) is 12.1 Å². The maximum atomic E-state index is 12.1. The Bertz CT molecular complexity index is 268. The van der Waals surface area contributed by atoms with Gasteiger partial charge in [0, 0.05) is 30.3 Å². The standard InChI is InChI=1S/C13H24NO3/c1-6-7-11(15)17-10-8-12(2,3)14(16)13(4,5)9-10/h10H,6-9H2,1-5H3. The van der Waals surface area contributed by atoms with Crippen LogP contribution in [0.15, 0.2) is 0 Å². The Hall–Kier alpha value is -0.610. The first kappa shape index (κ1) is 14.5. The van der Waals surface area contributed by atoms with Gasteiger partial charge in [-0.05, 0) is 34.1 Å². The van der Waals surface area contributed by atoms with Crippen LogP contribution < -0.4 is 0 Å². The number of rotatable bonds is 3. The molecule has 0 unspecified atom stereocenters. The average Bonchev–Trinajstić information content (AvgIpc) is 2.13. The van der Waals surface area contributed by atoms with Gasteiger partial charge in [0.15, 0.2) is 0 Å². The molecule has 0 atom stereocenters. The van der Waals surface area contributed by atoms with Crippen molar-refractivity contribution in [2.45, 2.75) is 77.5 Å². The number of hydroxylamine groups is 2. The van der Waals surface area contributed by atoms with Crippen molar-refractivity contribution in [2.75, 3.05) is 0 Å². The lowest BCUT2D eigenvalue weighted by atomic mass is 9.80. The Balaban J connectivity index is 2.68. The molecule has 0 amide bonds. The molecule has 4 nitrogen and oxygen atoms in total. The van der Waals surface area contributed by atoms with E-state index in [2.05, 4.69) is 0 Å². The van der Waals surface area contributed by atoms with E-state index in [9.17, 15) is 10.0 Å². The number of hydrogen-bond acceptors (Lipinski definition) is 3. The van der Waals surface area contributed by atoms with Crippen LogP contribution in [0.4, 0.5) is 0 Å². The van der Waals surface area contributed by atoms with Crippen LogP contribution in [0.25, 0.3) is 0 Å². The lowest BCUT2D eigenvalue weighted by Crippen LogP contribution is -2.60. The normalized spacial score (nSPS) is 24.6. The highest BCUT2D eigenvalue weighted by Gasteiger charge is 2.47. The molecule has 1 fully saturated rings. The minimum absolute atomic E-state index is 0.135. The second-order valence-corrected chi connectivity index (χ2v) is 6.19. The summed E-state index contributed by atoms with van der Waals surface area (Å²) in [5.74, 6) is -0.150. The summed E-state index contributed by atoms with van der Waals surface area (Å²) in [5, 5.41) is 13.2. The molecule has 99 valence electrons. The van der Waals surface area contributed by atoms with Gasteiger partial charge in [-0.3, -0.25) is 4.79 Å². The van der Waals surface area contributed by atoms with E-state index >= 15 is 0 Å². The number of hydrogen-bond donors (Lipinski definition) is 0. The van der Waals surface area contributed by atoms with Crippen molar-refractivity contribution in [3.05, 3.63) is 0 Å². The number of piperidine rings is 1. The summed E-state index contributed by atoms with van der Waals surface area (Å²) in [7, 11) is 0. The van der Waals surface area contributed by atoms with Gasteiger partial charge in [-0.15, -0.1) is 10.3 Å². The summed E-state index contributed by atoms with van der Waals surface area (Å²) < 4.78 is 5.45.